The van der Waals surface area contributed by atoms with Crippen LogP contribution in [0.5, 0.6) is 5.75 Å². The van der Waals surface area contributed by atoms with Crippen molar-refractivity contribution < 1.29 is 28.2 Å². The van der Waals surface area contributed by atoms with E-state index in [0.717, 1.165) is 18.9 Å². The van der Waals surface area contributed by atoms with E-state index in [9.17, 15) is 28.3 Å². The van der Waals surface area contributed by atoms with E-state index in [0.29, 0.717) is 12.6 Å². The molecule has 1 unspecified atom stereocenters. The molecule has 162 valence electrons. The van der Waals surface area contributed by atoms with Crippen LogP contribution in [0.3, 0.4) is 0 Å². The summed E-state index contributed by atoms with van der Waals surface area (Å²) < 4.78 is 34.1. The van der Waals surface area contributed by atoms with Crippen LogP contribution in [-0.2, 0) is 11.3 Å². The molecule has 1 aromatic carbocycles. The Balaban J connectivity index is 1.46. The molecule has 6 rings (SSSR count). The molecule has 0 spiro atoms. The van der Waals surface area contributed by atoms with Gasteiger partial charge in [0.15, 0.2) is 11.4 Å². The number of hydrogen-bond acceptors (Lipinski definition) is 5. The Morgan fingerprint density at radius 3 is 2.74 bits per heavy atom. The van der Waals surface area contributed by atoms with Gasteiger partial charge in [0.25, 0.3) is 11.8 Å². The Labute approximate surface area is 175 Å². The summed E-state index contributed by atoms with van der Waals surface area (Å²) in [5.74, 6) is -3.67. The van der Waals surface area contributed by atoms with Crippen molar-refractivity contribution >= 4 is 11.8 Å². The first kappa shape index (κ1) is 19.7. The second kappa shape index (κ2) is 7.16. The number of nitrogens with zero attached hydrogens (tertiary/aromatic N) is 2. The Morgan fingerprint density at radius 1 is 1.23 bits per heavy atom. The van der Waals surface area contributed by atoms with E-state index >= 15 is 0 Å². The molecule has 4 aliphatic rings. The molecule has 10 heteroatoms. The number of carbonyl (C=O) groups is 2. The molecule has 1 aromatic heterocycles. The molecule has 2 saturated heterocycles. The van der Waals surface area contributed by atoms with Crippen LogP contribution in [0.25, 0.3) is 0 Å². The number of aromatic nitrogens is 1. The molecule has 31 heavy (non-hydrogen) atoms. The first-order valence-corrected chi connectivity index (χ1v) is 9.96. The summed E-state index contributed by atoms with van der Waals surface area (Å²) in [6.07, 6.45) is 2.77. The predicted octanol–water partition coefficient (Wildman–Crippen LogP) is 1.32. The quantitative estimate of drug-likeness (QED) is 0.764. The van der Waals surface area contributed by atoms with Crippen LogP contribution in [0.2, 0.25) is 0 Å². The predicted molar refractivity (Wildman–Crippen MR) is 103 cm³/mol. The van der Waals surface area contributed by atoms with E-state index in [1.54, 1.807) is 4.90 Å². The monoisotopic (exact) mass is 431 g/mol. The lowest BCUT2D eigenvalue weighted by molar-refractivity contribution is -0.0874. The molecule has 8 nitrogen and oxygen atoms in total. The van der Waals surface area contributed by atoms with Crippen molar-refractivity contribution in [2.75, 3.05) is 13.2 Å². The van der Waals surface area contributed by atoms with Crippen molar-refractivity contribution in [2.45, 2.75) is 37.6 Å². The third-order valence-corrected chi connectivity index (χ3v) is 6.21. The van der Waals surface area contributed by atoms with E-state index in [-0.39, 0.29) is 48.2 Å². The number of halogens is 2. The molecule has 1 aliphatic carbocycles. The van der Waals surface area contributed by atoms with Gasteiger partial charge >= 0.3 is 0 Å². The highest BCUT2D eigenvalue weighted by Crippen LogP contribution is 2.38. The number of benzene rings is 1. The summed E-state index contributed by atoms with van der Waals surface area (Å²) in [7, 11) is 0. The highest BCUT2D eigenvalue weighted by Gasteiger charge is 2.45. The molecule has 2 amide bonds. The number of ether oxygens (including phenoxy) is 1. The summed E-state index contributed by atoms with van der Waals surface area (Å²) >= 11 is 0. The van der Waals surface area contributed by atoms with Crippen LogP contribution >= 0.6 is 0 Å². The molecular weight excluding hydrogens is 412 g/mol. The summed E-state index contributed by atoms with van der Waals surface area (Å²) in [4.78, 5) is 39.9. The normalized spacial score (nSPS) is 24.0. The van der Waals surface area contributed by atoms with E-state index in [1.807, 2.05) is 0 Å². The van der Waals surface area contributed by atoms with Gasteiger partial charge in [-0.1, -0.05) is 6.07 Å². The summed E-state index contributed by atoms with van der Waals surface area (Å²) in [5.41, 5.74) is -1.48. The van der Waals surface area contributed by atoms with Crippen molar-refractivity contribution in [1.29, 1.82) is 0 Å². The van der Waals surface area contributed by atoms with Crippen molar-refractivity contribution in [3.8, 4) is 5.75 Å². The molecule has 4 heterocycles. The van der Waals surface area contributed by atoms with Gasteiger partial charge in [0.1, 0.15) is 17.2 Å². The fraction of sp³-hybridized carbons (Fsp3) is 0.381. The fourth-order valence-corrected chi connectivity index (χ4v) is 4.37. The number of nitrogens with one attached hydrogen (secondary N) is 1. The van der Waals surface area contributed by atoms with Gasteiger partial charge in [-0.15, -0.1) is 0 Å². The minimum absolute atomic E-state index is 0.0112. The smallest absolute Gasteiger partial charge is 0.274 e. The maximum atomic E-state index is 13.8. The Morgan fingerprint density at radius 2 is 2.00 bits per heavy atom. The third kappa shape index (κ3) is 3.18. The number of rotatable bonds is 3. The zero-order chi connectivity index (χ0) is 21.9. The topological polar surface area (TPSA) is 101 Å². The Kier molecular flexibility index (Phi) is 4.54. The summed E-state index contributed by atoms with van der Waals surface area (Å²) in [5, 5.41) is 12.9. The first-order chi connectivity index (χ1) is 14.8. The average Bonchev–Trinajstić information content (AvgIpc) is 2.67. The number of amides is 2. The molecule has 4 bridgehead atoms. The molecule has 1 atom stereocenters. The minimum atomic E-state index is -0.984. The SMILES string of the molecule is O=C(NCc1ccc(F)cc1F)c1cn2c(c(O)c1=O)C(=O)N1CC2COC2CC1C2. The molecule has 1 saturated carbocycles. The van der Waals surface area contributed by atoms with Gasteiger partial charge < -0.3 is 24.6 Å². The van der Waals surface area contributed by atoms with Gasteiger partial charge in [0, 0.05) is 37.0 Å². The van der Waals surface area contributed by atoms with Gasteiger partial charge in [0.2, 0.25) is 5.43 Å². The van der Waals surface area contributed by atoms with Crippen LogP contribution in [0, 0.1) is 11.6 Å². The summed E-state index contributed by atoms with van der Waals surface area (Å²) in [6, 6.07) is 2.59. The molecule has 2 N–H and O–H groups in total. The number of carbonyl (C=O) groups excluding carboxylic acids is 2. The molecule has 3 aliphatic heterocycles. The standard InChI is InChI=1S/C21H19F2N3O5/c22-11-2-1-10(16(23)3-11)6-24-20(29)15-8-25-13-7-26(12-4-14(5-12)31-9-13)21(30)17(25)19(28)18(15)27/h1-3,8,12-14,28H,4-7,9H2,(H,24,29). The van der Waals surface area contributed by atoms with Gasteiger partial charge in [0.05, 0.1) is 18.8 Å². The van der Waals surface area contributed by atoms with Gasteiger partial charge in [-0.25, -0.2) is 8.78 Å². The van der Waals surface area contributed by atoms with Crippen molar-refractivity contribution in [2.24, 2.45) is 0 Å². The maximum Gasteiger partial charge on any atom is 0.274 e. The highest BCUT2D eigenvalue weighted by atomic mass is 19.1. The number of aromatic hydroxyl groups is 1. The molecule has 3 fully saturated rings. The lowest BCUT2D eigenvalue weighted by Crippen LogP contribution is -2.58. The van der Waals surface area contributed by atoms with Crippen LogP contribution < -0.4 is 10.7 Å². The maximum absolute atomic E-state index is 13.8. The van der Waals surface area contributed by atoms with E-state index in [4.69, 9.17) is 4.74 Å². The van der Waals surface area contributed by atoms with Crippen LogP contribution in [0.1, 0.15) is 45.3 Å². The fourth-order valence-electron chi connectivity index (χ4n) is 4.37. The van der Waals surface area contributed by atoms with Crippen molar-refractivity contribution in [3.05, 3.63) is 63.1 Å². The van der Waals surface area contributed by atoms with E-state index in [2.05, 4.69) is 5.32 Å². The second-order valence-corrected chi connectivity index (χ2v) is 8.09. The Bertz CT molecular complexity index is 1160. The largest absolute Gasteiger partial charge is 0.503 e. The number of hydrogen-bond donors (Lipinski definition) is 2. The average molecular weight is 431 g/mol. The van der Waals surface area contributed by atoms with E-state index in [1.165, 1.54) is 16.8 Å². The van der Waals surface area contributed by atoms with Crippen molar-refractivity contribution in [1.82, 2.24) is 14.8 Å². The first-order valence-electron chi connectivity index (χ1n) is 9.96. The number of pyridine rings is 1. The van der Waals surface area contributed by atoms with Gasteiger partial charge in [-0.3, -0.25) is 14.4 Å². The second-order valence-electron chi connectivity index (χ2n) is 8.09. The van der Waals surface area contributed by atoms with Crippen LogP contribution in [-0.4, -0.2) is 51.7 Å². The van der Waals surface area contributed by atoms with E-state index < -0.39 is 34.6 Å². The van der Waals surface area contributed by atoms with Gasteiger partial charge in [-0.05, 0) is 18.9 Å². The zero-order valence-corrected chi connectivity index (χ0v) is 16.3. The van der Waals surface area contributed by atoms with Crippen LogP contribution in [0.4, 0.5) is 8.78 Å². The highest BCUT2D eigenvalue weighted by molar-refractivity contribution is 5.99. The van der Waals surface area contributed by atoms with Crippen LogP contribution in [0.15, 0.2) is 29.2 Å². The lowest BCUT2D eigenvalue weighted by Gasteiger charge is -2.49. The molecule has 0 radical (unpaired) electrons. The molecule has 2 aromatic rings. The molecular formula is C21H19F2N3O5. The Hall–Kier alpha value is -3.27. The summed E-state index contributed by atoms with van der Waals surface area (Å²) in [6.45, 7) is 0.348. The third-order valence-electron chi connectivity index (χ3n) is 6.21. The minimum Gasteiger partial charge on any atom is -0.503 e. The lowest BCUT2D eigenvalue weighted by atomic mass is 9.85. The van der Waals surface area contributed by atoms with Gasteiger partial charge in [-0.2, -0.15) is 0 Å². The zero-order valence-electron chi connectivity index (χ0n) is 16.3. The van der Waals surface area contributed by atoms with Crippen molar-refractivity contribution in [3.63, 3.8) is 0 Å². The number of fused-ring (bicyclic) bond motifs is 2.